The Morgan fingerprint density at radius 3 is 1.97 bits per heavy atom. The summed E-state index contributed by atoms with van der Waals surface area (Å²) >= 11 is 0. The van der Waals surface area contributed by atoms with Crippen LogP contribution in [0.5, 0.6) is 5.75 Å². The predicted octanol–water partition coefficient (Wildman–Crippen LogP) is -6.64. The van der Waals surface area contributed by atoms with Crippen LogP contribution < -0.4 is 59.1 Å². The first kappa shape index (κ1) is 30.9. The Morgan fingerprint density at radius 1 is 0.875 bits per heavy atom. The van der Waals surface area contributed by atoms with E-state index in [1.54, 1.807) is 0 Å². The third-order valence-electron chi connectivity index (χ3n) is 4.22. The molecule has 2 heterocycles. The zero-order chi connectivity index (χ0) is 20.4. The first-order valence-electron chi connectivity index (χ1n) is 7.51. The number of aromatic hydroxyl groups is 1. The molecule has 0 saturated carbocycles. The summed E-state index contributed by atoms with van der Waals surface area (Å²) in [6, 6.07) is 6.35. The van der Waals surface area contributed by atoms with Crippen molar-refractivity contribution >= 4 is 48.3 Å². The second-order valence-electron chi connectivity index (χ2n) is 5.93. The van der Waals surface area contributed by atoms with E-state index in [1.165, 1.54) is 12.1 Å². The summed E-state index contributed by atoms with van der Waals surface area (Å²) in [5.41, 5.74) is -0.172. The molecule has 6 N–H and O–H groups in total. The van der Waals surface area contributed by atoms with Gasteiger partial charge in [0.2, 0.25) is 5.78 Å². The maximum absolute atomic E-state index is 12.6. The fraction of sp³-hybridized carbons (Fsp3) is 0. The Morgan fingerprint density at radius 2 is 1.41 bits per heavy atom. The molecule has 1 aromatic heterocycles. The molecular weight excluding hydrogens is 490 g/mol. The molecular formula is C16H12N2Na2O10S2. The minimum Gasteiger partial charge on any atom is -0.744 e. The van der Waals surface area contributed by atoms with E-state index >= 15 is 0 Å². The average molecular weight is 502 g/mol. The third kappa shape index (κ3) is 5.32. The molecule has 32 heavy (non-hydrogen) atoms. The zero-order valence-electron chi connectivity index (χ0n) is 16.5. The first-order valence-corrected chi connectivity index (χ1v) is 10.3. The minimum absolute atomic E-state index is 0. The number of benzene rings is 2. The maximum Gasteiger partial charge on any atom is 1.00 e. The zero-order valence-corrected chi connectivity index (χ0v) is 22.2. The number of aromatic nitrogens is 1. The number of nitrogens with one attached hydrogen (secondary N) is 1. The maximum atomic E-state index is 12.6. The molecule has 1 aliphatic rings. The van der Waals surface area contributed by atoms with Crippen molar-refractivity contribution in [3.8, 4) is 5.75 Å². The van der Waals surface area contributed by atoms with Crippen molar-refractivity contribution in [1.29, 1.82) is 0 Å². The number of carbonyl (C=O) groups is 1. The molecule has 0 unspecified atom stereocenters. The number of aliphatic imine (C=N–C) groups is 1. The van der Waals surface area contributed by atoms with Gasteiger partial charge in [-0.3, -0.25) is 4.79 Å². The molecule has 160 valence electrons. The number of ketones is 1. The number of H-pyrrole nitrogens is 1. The van der Waals surface area contributed by atoms with Gasteiger partial charge in [-0.2, -0.15) is 0 Å². The molecule has 2 aromatic carbocycles. The molecule has 0 aliphatic carbocycles. The molecule has 0 bridgehead atoms. The fourth-order valence-electron chi connectivity index (χ4n) is 2.90. The number of rotatable bonds is 3. The van der Waals surface area contributed by atoms with Crippen molar-refractivity contribution < 1.29 is 106 Å². The normalized spacial score (nSPS) is 12.6. The molecule has 0 atom stereocenters. The van der Waals surface area contributed by atoms with Crippen molar-refractivity contribution in [1.82, 2.24) is 4.98 Å². The SMILES string of the molecule is O.O.O=C1C(c2[nH]c3ccc(S(=O)(=O)[O-])cc3c2O)=Nc2ccc(S(=O)(=O)[O-])cc21.[Na+].[Na+]. The van der Waals surface area contributed by atoms with Gasteiger partial charge in [-0.1, -0.05) is 0 Å². The Labute approximate surface area is 225 Å². The minimum atomic E-state index is -4.77. The monoisotopic (exact) mass is 502 g/mol. The Bertz CT molecular complexity index is 1450. The quantitative estimate of drug-likeness (QED) is 0.257. The molecule has 1 aliphatic heterocycles. The van der Waals surface area contributed by atoms with Crippen molar-refractivity contribution in [2.75, 3.05) is 0 Å². The van der Waals surface area contributed by atoms with E-state index in [1.807, 2.05) is 0 Å². The van der Waals surface area contributed by atoms with E-state index in [2.05, 4.69) is 9.98 Å². The van der Waals surface area contributed by atoms with Gasteiger partial charge in [0.1, 0.15) is 31.6 Å². The van der Waals surface area contributed by atoms with E-state index in [9.17, 15) is 35.8 Å². The Kier molecular flexibility index (Phi) is 10.0. The largest absolute Gasteiger partial charge is 1.00 e. The van der Waals surface area contributed by atoms with Gasteiger partial charge in [-0.15, -0.1) is 0 Å². The number of hydrogen-bond acceptors (Lipinski definition) is 9. The van der Waals surface area contributed by atoms with Gasteiger partial charge < -0.3 is 30.1 Å². The molecule has 4 rings (SSSR count). The third-order valence-corrected chi connectivity index (χ3v) is 5.88. The van der Waals surface area contributed by atoms with Crippen LogP contribution in [0, 0.1) is 0 Å². The van der Waals surface area contributed by atoms with Gasteiger partial charge >= 0.3 is 59.1 Å². The Balaban J connectivity index is 0.00000240. The van der Waals surface area contributed by atoms with Crippen LogP contribution in [0.15, 0.2) is 51.2 Å². The van der Waals surface area contributed by atoms with Crippen LogP contribution in [-0.2, 0) is 20.2 Å². The fourth-order valence-corrected chi connectivity index (χ4v) is 3.90. The van der Waals surface area contributed by atoms with Gasteiger partial charge in [0.15, 0.2) is 5.75 Å². The first-order chi connectivity index (χ1) is 13.0. The number of hydrogen-bond donors (Lipinski definition) is 2. The van der Waals surface area contributed by atoms with Gasteiger partial charge in [-0.25, -0.2) is 21.8 Å². The summed E-state index contributed by atoms with van der Waals surface area (Å²) in [7, 11) is -9.53. The predicted molar refractivity (Wildman–Crippen MR) is 100 cm³/mol. The smallest absolute Gasteiger partial charge is 0.744 e. The summed E-state index contributed by atoms with van der Waals surface area (Å²) in [6.45, 7) is 0. The van der Waals surface area contributed by atoms with Crippen LogP contribution in [0.2, 0.25) is 0 Å². The van der Waals surface area contributed by atoms with E-state index in [0.717, 1.165) is 24.3 Å². The second kappa shape index (κ2) is 10.4. The van der Waals surface area contributed by atoms with Crippen LogP contribution in [0.3, 0.4) is 0 Å². The van der Waals surface area contributed by atoms with Gasteiger partial charge in [-0.05, 0) is 36.4 Å². The summed E-state index contributed by atoms with van der Waals surface area (Å²) in [4.78, 5) is 18.2. The summed E-state index contributed by atoms with van der Waals surface area (Å²) in [5, 5.41) is 10.4. The second-order valence-corrected chi connectivity index (χ2v) is 8.69. The van der Waals surface area contributed by atoms with Crippen molar-refractivity contribution in [3.05, 3.63) is 47.7 Å². The van der Waals surface area contributed by atoms with Gasteiger partial charge in [0.25, 0.3) is 0 Å². The number of aromatic amines is 1. The van der Waals surface area contributed by atoms with Gasteiger partial charge in [0, 0.05) is 10.9 Å². The van der Waals surface area contributed by atoms with E-state index < -0.39 is 41.6 Å². The van der Waals surface area contributed by atoms with Crippen molar-refractivity contribution in [2.45, 2.75) is 9.79 Å². The summed E-state index contributed by atoms with van der Waals surface area (Å²) in [5.74, 6) is -1.24. The van der Waals surface area contributed by atoms with Crippen LogP contribution in [0.1, 0.15) is 16.1 Å². The molecule has 12 nitrogen and oxygen atoms in total. The van der Waals surface area contributed by atoms with E-state index in [-0.39, 0.29) is 104 Å². The van der Waals surface area contributed by atoms with Crippen LogP contribution >= 0.6 is 0 Å². The van der Waals surface area contributed by atoms with Crippen LogP contribution in [0.4, 0.5) is 5.69 Å². The number of carbonyl (C=O) groups excluding carboxylic acids is 1. The molecule has 0 saturated heterocycles. The molecule has 0 fully saturated rings. The standard InChI is InChI=1S/C16H10N2O8S2.2Na.2H2O/c19-15-9-5-7(27(21,22)23)1-3-11(9)17-13(15)14-16(20)10-6-8(28(24,25)26)2-4-12(10)18-14;;;;/h1-6,17,19H,(H,21,22,23)(H,24,25,26);;;2*1H2/q;2*+1;;/p-2. The van der Waals surface area contributed by atoms with Crippen molar-refractivity contribution in [2.24, 2.45) is 4.99 Å². The van der Waals surface area contributed by atoms with E-state index in [4.69, 9.17) is 0 Å². The van der Waals surface area contributed by atoms with Crippen molar-refractivity contribution in [3.63, 3.8) is 0 Å². The molecule has 0 spiro atoms. The van der Waals surface area contributed by atoms with Crippen LogP contribution in [0.25, 0.3) is 10.9 Å². The topological polar surface area (TPSA) is 243 Å². The molecule has 0 radical (unpaired) electrons. The van der Waals surface area contributed by atoms with Gasteiger partial charge in [0.05, 0.1) is 21.0 Å². The Hall–Kier alpha value is -1.14. The molecule has 3 aromatic rings. The summed E-state index contributed by atoms with van der Waals surface area (Å²) < 4.78 is 66.9. The number of fused-ring (bicyclic) bond motifs is 2. The average Bonchev–Trinajstić information content (AvgIpc) is 3.10. The number of nitrogens with zero attached hydrogens (tertiary/aromatic N) is 1. The molecule has 16 heteroatoms. The molecule has 0 amide bonds. The van der Waals surface area contributed by atoms with Crippen LogP contribution in [-0.4, -0.2) is 58.5 Å². The summed E-state index contributed by atoms with van der Waals surface area (Å²) in [6.07, 6.45) is 0. The number of Topliss-reactive ketones (excluding diaryl/α,β-unsaturated/α-hetero) is 1. The van der Waals surface area contributed by atoms with E-state index in [0.29, 0.717) is 0 Å².